The molecule has 3 aromatic carbocycles. The molecule has 0 spiro atoms. The highest BCUT2D eigenvalue weighted by atomic mass is 32.2. The van der Waals surface area contributed by atoms with Crippen molar-refractivity contribution in [1.29, 1.82) is 0 Å². The Kier molecular flexibility index (Phi) is 7.80. The largest absolute Gasteiger partial charge is 0.489 e. The van der Waals surface area contributed by atoms with Crippen LogP contribution in [-0.4, -0.2) is 31.3 Å². The Balaban J connectivity index is 1.44. The lowest BCUT2D eigenvalue weighted by atomic mass is 9.90. The summed E-state index contributed by atoms with van der Waals surface area (Å²) in [5.74, 6) is -0.675. The molecule has 0 amide bonds. The zero-order valence-corrected chi connectivity index (χ0v) is 22.0. The molecule has 0 radical (unpaired) electrons. The van der Waals surface area contributed by atoms with E-state index in [4.69, 9.17) is 4.74 Å². The number of carboxylic acid groups (broad SMARTS) is 1. The topological polar surface area (TPSA) is 110 Å². The van der Waals surface area contributed by atoms with Crippen molar-refractivity contribution in [1.82, 2.24) is 4.72 Å². The number of Topliss-reactive ketones (excluding diaryl/α,β-unsaturated/α-hetero) is 1. The summed E-state index contributed by atoms with van der Waals surface area (Å²) in [5.41, 5.74) is 5.11. The van der Waals surface area contributed by atoms with E-state index in [1.54, 1.807) is 32.9 Å². The maximum Gasteiger partial charge on any atom is 0.322 e. The molecule has 0 unspecified atom stereocenters. The minimum absolute atomic E-state index is 0.0555. The number of rotatable bonds is 9. The Morgan fingerprint density at radius 3 is 2.35 bits per heavy atom. The molecule has 37 heavy (non-hydrogen) atoms. The third-order valence-electron chi connectivity index (χ3n) is 6.60. The standard InChI is InChI=1S/C29H31NO6S/c1-18(2)28(29(32)33)30-37(34,35)27-14-11-22(15-19(27)3)21-9-7-20(8-10-21)17-36-24-12-13-25-23(16-24)5-4-6-26(25)31/h7-16,18,28,30H,4-6,17H2,1-3H3,(H,32,33)/t28-/m1/s1. The Bertz CT molecular complexity index is 1430. The molecule has 194 valence electrons. The Labute approximate surface area is 217 Å². The van der Waals surface area contributed by atoms with E-state index in [9.17, 15) is 23.1 Å². The van der Waals surface area contributed by atoms with E-state index in [0.29, 0.717) is 18.6 Å². The molecule has 2 N–H and O–H groups in total. The number of ether oxygens (including phenoxy) is 1. The van der Waals surface area contributed by atoms with Crippen LogP contribution in [0.5, 0.6) is 5.75 Å². The van der Waals surface area contributed by atoms with Crippen molar-refractivity contribution in [2.45, 2.75) is 57.6 Å². The second-order valence-corrected chi connectivity index (χ2v) is 11.4. The molecule has 8 heteroatoms. The molecule has 1 aliphatic rings. The van der Waals surface area contributed by atoms with Crippen molar-refractivity contribution in [2.24, 2.45) is 5.92 Å². The van der Waals surface area contributed by atoms with Gasteiger partial charge in [0.15, 0.2) is 5.78 Å². The van der Waals surface area contributed by atoms with Gasteiger partial charge in [0.2, 0.25) is 10.0 Å². The molecule has 3 aromatic rings. The molecule has 7 nitrogen and oxygen atoms in total. The fraction of sp³-hybridized carbons (Fsp3) is 0.310. The third-order valence-corrected chi connectivity index (χ3v) is 8.20. The second kappa shape index (κ2) is 10.9. The normalized spacial score (nSPS) is 14.3. The van der Waals surface area contributed by atoms with Gasteiger partial charge in [-0.25, -0.2) is 8.42 Å². The Hall–Kier alpha value is -3.49. The number of carboxylic acids is 1. The number of carbonyl (C=O) groups is 2. The number of nitrogens with one attached hydrogen (secondary N) is 1. The molecule has 0 aromatic heterocycles. The number of hydrogen-bond donors (Lipinski definition) is 2. The van der Waals surface area contributed by atoms with Crippen LogP contribution in [0.2, 0.25) is 0 Å². The van der Waals surface area contributed by atoms with Crippen molar-refractivity contribution >= 4 is 21.8 Å². The molecule has 0 fully saturated rings. The average molecular weight is 522 g/mol. The molecule has 1 atom stereocenters. The number of hydrogen-bond acceptors (Lipinski definition) is 5. The highest BCUT2D eigenvalue weighted by molar-refractivity contribution is 7.89. The van der Waals surface area contributed by atoms with Crippen molar-refractivity contribution in [3.63, 3.8) is 0 Å². The first-order valence-electron chi connectivity index (χ1n) is 12.3. The summed E-state index contributed by atoms with van der Waals surface area (Å²) in [6.07, 6.45) is 2.37. The SMILES string of the molecule is Cc1cc(-c2ccc(COc3ccc4c(c3)CCCC4=O)cc2)ccc1S(=O)(=O)N[C@@H](C(=O)O)C(C)C. The highest BCUT2D eigenvalue weighted by Crippen LogP contribution is 2.28. The summed E-state index contributed by atoms with van der Waals surface area (Å²) >= 11 is 0. The van der Waals surface area contributed by atoms with Gasteiger partial charge < -0.3 is 9.84 Å². The van der Waals surface area contributed by atoms with Crippen LogP contribution in [0.1, 0.15) is 53.7 Å². The van der Waals surface area contributed by atoms with Gasteiger partial charge in [-0.1, -0.05) is 50.2 Å². The van der Waals surface area contributed by atoms with E-state index in [1.807, 2.05) is 42.5 Å². The van der Waals surface area contributed by atoms with Crippen LogP contribution in [-0.2, 0) is 27.8 Å². The maximum atomic E-state index is 12.8. The fourth-order valence-corrected chi connectivity index (χ4v) is 6.07. The lowest BCUT2D eigenvalue weighted by Crippen LogP contribution is -2.44. The van der Waals surface area contributed by atoms with Crippen molar-refractivity contribution in [3.05, 3.63) is 82.9 Å². The smallest absolute Gasteiger partial charge is 0.322 e. The second-order valence-electron chi connectivity index (χ2n) is 9.74. The van der Waals surface area contributed by atoms with Gasteiger partial charge in [0.25, 0.3) is 0 Å². The van der Waals surface area contributed by atoms with Gasteiger partial charge in [0.05, 0.1) is 4.90 Å². The zero-order valence-electron chi connectivity index (χ0n) is 21.2. The van der Waals surface area contributed by atoms with Gasteiger partial charge >= 0.3 is 5.97 Å². The van der Waals surface area contributed by atoms with E-state index in [2.05, 4.69) is 4.72 Å². The van der Waals surface area contributed by atoms with Crippen LogP contribution >= 0.6 is 0 Å². The molecule has 0 saturated carbocycles. The molecule has 0 bridgehead atoms. The van der Waals surface area contributed by atoms with Gasteiger partial charge in [-0.2, -0.15) is 4.72 Å². The van der Waals surface area contributed by atoms with E-state index in [1.165, 1.54) is 6.07 Å². The first-order valence-corrected chi connectivity index (χ1v) is 13.8. The van der Waals surface area contributed by atoms with E-state index < -0.39 is 28.0 Å². The minimum atomic E-state index is -3.99. The Morgan fingerprint density at radius 2 is 1.70 bits per heavy atom. The summed E-state index contributed by atoms with van der Waals surface area (Å²) in [7, 11) is -3.99. The number of carbonyl (C=O) groups excluding carboxylic acids is 1. The summed E-state index contributed by atoms with van der Waals surface area (Å²) in [6.45, 7) is 5.38. The highest BCUT2D eigenvalue weighted by Gasteiger charge is 2.29. The predicted octanol–water partition coefficient (Wildman–Crippen LogP) is 5.15. The summed E-state index contributed by atoms with van der Waals surface area (Å²) < 4.78 is 33.9. The van der Waals surface area contributed by atoms with Crippen LogP contribution in [0.25, 0.3) is 11.1 Å². The maximum absolute atomic E-state index is 12.8. The van der Waals surface area contributed by atoms with Gasteiger partial charge in [-0.15, -0.1) is 0 Å². The summed E-state index contributed by atoms with van der Waals surface area (Å²) in [5, 5.41) is 9.35. The molecular formula is C29H31NO6S. The molecule has 4 rings (SSSR count). The molecular weight excluding hydrogens is 490 g/mol. The van der Waals surface area contributed by atoms with Crippen LogP contribution in [0.3, 0.4) is 0 Å². The van der Waals surface area contributed by atoms with E-state index in [0.717, 1.165) is 46.4 Å². The predicted molar refractivity (Wildman–Crippen MR) is 141 cm³/mol. The molecule has 0 heterocycles. The number of benzene rings is 3. The average Bonchev–Trinajstić information content (AvgIpc) is 2.86. The van der Waals surface area contributed by atoms with Crippen LogP contribution < -0.4 is 9.46 Å². The molecule has 0 aliphatic heterocycles. The minimum Gasteiger partial charge on any atom is -0.489 e. The van der Waals surface area contributed by atoms with E-state index in [-0.39, 0.29) is 10.7 Å². The fourth-order valence-electron chi connectivity index (χ4n) is 4.51. The van der Waals surface area contributed by atoms with Crippen molar-refractivity contribution in [3.8, 4) is 16.9 Å². The van der Waals surface area contributed by atoms with Gasteiger partial charge in [-0.05, 0) is 77.8 Å². The van der Waals surface area contributed by atoms with Crippen LogP contribution in [0.4, 0.5) is 0 Å². The monoisotopic (exact) mass is 521 g/mol. The van der Waals surface area contributed by atoms with Crippen LogP contribution in [0.15, 0.2) is 65.6 Å². The lowest BCUT2D eigenvalue weighted by Gasteiger charge is -2.19. The number of fused-ring (bicyclic) bond motifs is 1. The van der Waals surface area contributed by atoms with Gasteiger partial charge in [0.1, 0.15) is 18.4 Å². The zero-order chi connectivity index (χ0) is 26.7. The number of aryl methyl sites for hydroxylation is 2. The Morgan fingerprint density at radius 1 is 1.00 bits per heavy atom. The van der Waals surface area contributed by atoms with Gasteiger partial charge in [0, 0.05) is 12.0 Å². The number of aliphatic carboxylic acids is 1. The van der Waals surface area contributed by atoms with Crippen molar-refractivity contribution < 1.29 is 27.9 Å². The first-order chi connectivity index (χ1) is 17.5. The number of sulfonamides is 1. The lowest BCUT2D eigenvalue weighted by molar-refractivity contribution is -0.140. The number of ketones is 1. The third kappa shape index (κ3) is 6.09. The summed E-state index contributed by atoms with van der Waals surface area (Å²) in [4.78, 5) is 23.5. The summed E-state index contributed by atoms with van der Waals surface area (Å²) in [6, 6.07) is 17.2. The van der Waals surface area contributed by atoms with Crippen LogP contribution in [0, 0.1) is 12.8 Å². The first kappa shape index (κ1) is 26.6. The van der Waals surface area contributed by atoms with E-state index >= 15 is 0 Å². The molecule has 1 aliphatic carbocycles. The molecule has 0 saturated heterocycles. The quantitative estimate of drug-likeness (QED) is 0.403. The van der Waals surface area contributed by atoms with Gasteiger partial charge in [-0.3, -0.25) is 9.59 Å². The van der Waals surface area contributed by atoms with Crippen molar-refractivity contribution in [2.75, 3.05) is 0 Å².